The van der Waals surface area contributed by atoms with E-state index in [-0.39, 0.29) is 41.9 Å². The molecular formula is C19H19N3O5S2. The molecule has 0 aromatic heterocycles. The molecule has 0 bridgehead atoms. The predicted octanol–water partition coefficient (Wildman–Crippen LogP) is 1.11. The van der Waals surface area contributed by atoms with Gasteiger partial charge in [-0.25, -0.2) is 16.8 Å². The highest BCUT2D eigenvalue weighted by Gasteiger charge is 2.30. The number of piperazine rings is 1. The average Bonchev–Trinajstić information content (AvgIpc) is 2.73. The molecule has 1 aliphatic rings. The third kappa shape index (κ3) is 4.48. The van der Waals surface area contributed by atoms with Crippen molar-refractivity contribution < 1.29 is 21.6 Å². The van der Waals surface area contributed by atoms with Crippen molar-refractivity contribution >= 4 is 25.8 Å². The van der Waals surface area contributed by atoms with Gasteiger partial charge in [-0.2, -0.15) is 9.57 Å². The quantitative estimate of drug-likeness (QED) is 0.713. The van der Waals surface area contributed by atoms with Crippen molar-refractivity contribution in [2.24, 2.45) is 0 Å². The highest BCUT2D eigenvalue weighted by atomic mass is 32.2. The van der Waals surface area contributed by atoms with Crippen molar-refractivity contribution in [3.05, 3.63) is 59.7 Å². The van der Waals surface area contributed by atoms with Crippen LogP contribution in [-0.4, -0.2) is 64.4 Å². The number of benzene rings is 2. The Kier molecular flexibility index (Phi) is 5.75. The number of sulfonamides is 1. The van der Waals surface area contributed by atoms with E-state index in [1.165, 1.54) is 52.8 Å². The van der Waals surface area contributed by atoms with Gasteiger partial charge in [-0.05, 0) is 48.5 Å². The van der Waals surface area contributed by atoms with Crippen LogP contribution in [0.5, 0.6) is 0 Å². The zero-order valence-electron chi connectivity index (χ0n) is 15.6. The van der Waals surface area contributed by atoms with Gasteiger partial charge in [0.2, 0.25) is 10.0 Å². The molecule has 152 valence electrons. The minimum absolute atomic E-state index is 0.104. The normalized spacial score (nSPS) is 15.7. The van der Waals surface area contributed by atoms with Gasteiger partial charge < -0.3 is 4.90 Å². The summed E-state index contributed by atoms with van der Waals surface area (Å²) < 4.78 is 49.9. The van der Waals surface area contributed by atoms with Crippen LogP contribution in [0.15, 0.2) is 58.3 Å². The van der Waals surface area contributed by atoms with Crippen LogP contribution in [0.1, 0.15) is 15.9 Å². The largest absolute Gasteiger partial charge is 0.336 e. The number of sulfone groups is 1. The Morgan fingerprint density at radius 2 is 1.38 bits per heavy atom. The molecule has 1 saturated heterocycles. The number of hydrogen-bond acceptors (Lipinski definition) is 6. The van der Waals surface area contributed by atoms with Gasteiger partial charge in [0.15, 0.2) is 9.84 Å². The van der Waals surface area contributed by atoms with Crippen molar-refractivity contribution in [2.45, 2.75) is 9.79 Å². The zero-order chi connectivity index (χ0) is 21.2. The second kappa shape index (κ2) is 7.94. The summed E-state index contributed by atoms with van der Waals surface area (Å²) in [5.41, 5.74) is 0.724. The van der Waals surface area contributed by atoms with E-state index in [1.807, 2.05) is 6.07 Å². The maximum absolute atomic E-state index is 12.7. The topological polar surface area (TPSA) is 116 Å². The monoisotopic (exact) mass is 433 g/mol. The number of nitrogens with zero attached hydrogens (tertiary/aromatic N) is 3. The van der Waals surface area contributed by atoms with E-state index >= 15 is 0 Å². The van der Waals surface area contributed by atoms with Gasteiger partial charge in [-0.1, -0.05) is 0 Å². The molecule has 2 aromatic carbocycles. The van der Waals surface area contributed by atoms with Crippen molar-refractivity contribution in [3.63, 3.8) is 0 Å². The maximum Gasteiger partial charge on any atom is 0.253 e. The minimum atomic E-state index is -3.70. The third-order valence-corrected chi connectivity index (χ3v) is 7.72. The van der Waals surface area contributed by atoms with Crippen molar-refractivity contribution in [1.29, 1.82) is 5.26 Å². The molecular weight excluding hydrogens is 414 g/mol. The van der Waals surface area contributed by atoms with E-state index in [0.717, 1.165) is 6.26 Å². The van der Waals surface area contributed by atoms with Crippen LogP contribution in [0.4, 0.5) is 0 Å². The summed E-state index contributed by atoms with van der Waals surface area (Å²) in [5.74, 6) is -0.277. The Labute approximate surface area is 169 Å². The van der Waals surface area contributed by atoms with Crippen LogP contribution in [0, 0.1) is 11.3 Å². The number of rotatable bonds is 4. The summed E-state index contributed by atoms with van der Waals surface area (Å²) in [7, 11) is -7.04. The molecule has 8 nitrogen and oxygen atoms in total. The van der Waals surface area contributed by atoms with Gasteiger partial charge in [-0.3, -0.25) is 4.79 Å². The molecule has 0 spiro atoms. The molecule has 0 radical (unpaired) electrons. The summed E-state index contributed by atoms with van der Waals surface area (Å²) in [5, 5.41) is 8.83. The first-order chi connectivity index (χ1) is 13.6. The molecule has 0 saturated carbocycles. The van der Waals surface area contributed by atoms with Crippen LogP contribution in [0.25, 0.3) is 0 Å². The van der Waals surface area contributed by atoms with Crippen LogP contribution in [-0.2, 0) is 19.9 Å². The van der Waals surface area contributed by atoms with Gasteiger partial charge in [0.05, 0.1) is 21.4 Å². The molecule has 1 aliphatic heterocycles. The number of amides is 1. The highest BCUT2D eigenvalue weighted by Crippen LogP contribution is 2.19. The summed E-state index contributed by atoms with van der Waals surface area (Å²) in [6, 6.07) is 13.3. The number of carbonyl (C=O) groups is 1. The van der Waals surface area contributed by atoms with E-state index in [4.69, 9.17) is 5.26 Å². The minimum Gasteiger partial charge on any atom is -0.336 e. The molecule has 0 unspecified atom stereocenters. The number of nitriles is 1. The first-order valence-corrected chi connectivity index (χ1v) is 12.1. The van der Waals surface area contributed by atoms with Gasteiger partial charge in [0, 0.05) is 38.0 Å². The molecule has 0 N–H and O–H groups in total. The molecule has 0 aliphatic carbocycles. The van der Waals surface area contributed by atoms with Crippen LogP contribution in [0.3, 0.4) is 0 Å². The Bertz CT molecular complexity index is 1160. The predicted molar refractivity (Wildman–Crippen MR) is 105 cm³/mol. The van der Waals surface area contributed by atoms with E-state index in [9.17, 15) is 21.6 Å². The molecule has 1 amide bonds. The fourth-order valence-electron chi connectivity index (χ4n) is 3.01. The van der Waals surface area contributed by atoms with Crippen LogP contribution < -0.4 is 0 Å². The summed E-state index contributed by atoms with van der Waals surface area (Å²) >= 11 is 0. The van der Waals surface area contributed by atoms with Crippen molar-refractivity contribution in [2.75, 3.05) is 32.4 Å². The number of hydrogen-bond donors (Lipinski definition) is 0. The lowest BCUT2D eigenvalue weighted by Gasteiger charge is -2.34. The second-order valence-corrected chi connectivity index (χ2v) is 10.6. The second-order valence-electron chi connectivity index (χ2n) is 6.63. The van der Waals surface area contributed by atoms with Gasteiger partial charge in [0.25, 0.3) is 5.91 Å². The maximum atomic E-state index is 12.7. The summed E-state index contributed by atoms with van der Waals surface area (Å²) in [4.78, 5) is 14.4. The standard InChI is InChI=1S/C19H19N3O5S2/c1-28(24,25)17-8-4-16(5-9-17)19(23)21-10-12-22(13-11-21)29(26,27)18-6-2-15(14-20)3-7-18/h2-9H,10-13H2,1H3. The van der Waals surface area contributed by atoms with E-state index in [1.54, 1.807) is 4.90 Å². The van der Waals surface area contributed by atoms with Crippen LogP contribution >= 0.6 is 0 Å². The van der Waals surface area contributed by atoms with Gasteiger partial charge >= 0.3 is 0 Å². The summed E-state index contributed by atoms with van der Waals surface area (Å²) in [6.45, 7) is 0.745. The van der Waals surface area contributed by atoms with Gasteiger partial charge in [0.1, 0.15) is 0 Å². The Hall–Kier alpha value is -2.74. The fourth-order valence-corrected chi connectivity index (χ4v) is 5.06. The lowest BCUT2D eigenvalue weighted by atomic mass is 10.2. The Balaban J connectivity index is 1.68. The van der Waals surface area contributed by atoms with Crippen molar-refractivity contribution in [1.82, 2.24) is 9.21 Å². The SMILES string of the molecule is CS(=O)(=O)c1ccc(C(=O)N2CCN(S(=O)(=O)c3ccc(C#N)cc3)CC2)cc1. The first-order valence-electron chi connectivity index (χ1n) is 8.72. The van der Waals surface area contributed by atoms with Gasteiger partial charge in [-0.15, -0.1) is 0 Å². The smallest absolute Gasteiger partial charge is 0.253 e. The molecule has 1 fully saturated rings. The lowest BCUT2D eigenvalue weighted by Crippen LogP contribution is -2.50. The van der Waals surface area contributed by atoms with E-state index < -0.39 is 19.9 Å². The Morgan fingerprint density at radius 3 is 1.86 bits per heavy atom. The van der Waals surface area contributed by atoms with E-state index in [0.29, 0.717) is 11.1 Å². The molecule has 10 heteroatoms. The first kappa shape index (κ1) is 21.0. The molecule has 3 rings (SSSR count). The molecule has 2 aromatic rings. The molecule has 0 atom stereocenters. The Morgan fingerprint density at radius 1 is 0.862 bits per heavy atom. The zero-order valence-corrected chi connectivity index (χ0v) is 17.3. The third-order valence-electron chi connectivity index (χ3n) is 4.68. The van der Waals surface area contributed by atoms with Crippen LogP contribution in [0.2, 0.25) is 0 Å². The summed E-state index contributed by atoms with van der Waals surface area (Å²) in [6.07, 6.45) is 1.09. The molecule has 1 heterocycles. The number of carbonyl (C=O) groups excluding carboxylic acids is 1. The molecule has 29 heavy (non-hydrogen) atoms. The van der Waals surface area contributed by atoms with E-state index in [2.05, 4.69) is 0 Å². The highest BCUT2D eigenvalue weighted by molar-refractivity contribution is 7.90. The van der Waals surface area contributed by atoms with Crippen molar-refractivity contribution in [3.8, 4) is 6.07 Å². The lowest BCUT2D eigenvalue weighted by molar-refractivity contribution is 0.0698. The average molecular weight is 434 g/mol. The fraction of sp³-hybridized carbons (Fsp3) is 0.263.